The Bertz CT molecular complexity index is 605. The summed E-state index contributed by atoms with van der Waals surface area (Å²) in [6.07, 6.45) is 1.62. The number of aromatic nitrogens is 1. The predicted molar refractivity (Wildman–Crippen MR) is 66.9 cm³/mol. The van der Waals surface area contributed by atoms with Gasteiger partial charge in [0, 0.05) is 13.1 Å². The molecule has 0 bridgehead atoms. The summed E-state index contributed by atoms with van der Waals surface area (Å²) < 4.78 is 10.0. The lowest BCUT2D eigenvalue weighted by Gasteiger charge is -2.03. The van der Waals surface area contributed by atoms with E-state index in [9.17, 15) is 9.59 Å². The first-order chi connectivity index (χ1) is 8.63. The van der Waals surface area contributed by atoms with Crippen LogP contribution in [-0.2, 0) is 9.53 Å². The molecule has 18 heavy (non-hydrogen) atoms. The maximum absolute atomic E-state index is 11.8. The second-order valence-electron chi connectivity index (χ2n) is 3.43. The van der Waals surface area contributed by atoms with Crippen molar-refractivity contribution in [3.8, 4) is 5.75 Å². The molecule has 0 unspecified atom stereocenters. The molecular formula is C12H11NO4S. The Morgan fingerprint density at radius 2 is 2.22 bits per heavy atom. The zero-order valence-corrected chi connectivity index (χ0v) is 10.7. The standard InChI is InChI=1S/C12H11NO4S/c1-3-16-12(15)10-9(17-7(2)14)8-5-4-6-13-11(8)18-10/h4-6H,3H2,1-2H3. The van der Waals surface area contributed by atoms with Crippen LogP contribution in [0, 0.1) is 0 Å². The van der Waals surface area contributed by atoms with E-state index in [2.05, 4.69) is 4.98 Å². The molecular weight excluding hydrogens is 254 g/mol. The van der Waals surface area contributed by atoms with Crippen LogP contribution in [0.15, 0.2) is 18.3 Å². The maximum Gasteiger partial charge on any atom is 0.352 e. The third kappa shape index (κ3) is 2.33. The maximum atomic E-state index is 11.8. The van der Waals surface area contributed by atoms with Crippen LogP contribution in [0.1, 0.15) is 23.5 Å². The highest BCUT2D eigenvalue weighted by atomic mass is 32.1. The van der Waals surface area contributed by atoms with E-state index in [1.165, 1.54) is 6.92 Å². The molecule has 0 saturated heterocycles. The molecule has 0 fully saturated rings. The van der Waals surface area contributed by atoms with Crippen molar-refractivity contribution in [1.82, 2.24) is 4.98 Å². The molecule has 2 aromatic rings. The Morgan fingerprint density at radius 3 is 2.89 bits per heavy atom. The molecule has 0 aliphatic heterocycles. The number of hydrogen-bond donors (Lipinski definition) is 0. The Morgan fingerprint density at radius 1 is 1.44 bits per heavy atom. The summed E-state index contributed by atoms with van der Waals surface area (Å²) in [7, 11) is 0. The van der Waals surface area contributed by atoms with E-state index in [4.69, 9.17) is 9.47 Å². The number of hydrogen-bond acceptors (Lipinski definition) is 6. The van der Waals surface area contributed by atoms with Crippen molar-refractivity contribution in [2.24, 2.45) is 0 Å². The first kappa shape index (κ1) is 12.5. The summed E-state index contributed by atoms with van der Waals surface area (Å²) in [5.74, 6) is -0.755. The Balaban J connectivity index is 2.56. The van der Waals surface area contributed by atoms with Gasteiger partial charge in [-0.1, -0.05) is 0 Å². The molecule has 0 amide bonds. The van der Waals surface area contributed by atoms with Crippen molar-refractivity contribution in [2.75, 3.05) is 6.61 Å². The average molecular weight is 265 g/mol. The molecule has 2 aromatic heterocycles. The summed E-state index contributed by atoms with van der Waals surface area (Å²) in [6.45, 7) is 3.27. The van der Waals surface area contributed by atoms with E-state index >= 15 is 0 Å². The van der Waals surface area contributed by atoms with Crippen LogP contribution < -0.4 is 4.74 Å². The third-order valence-corrected chi connectivity index (χ3v) is 3.20. The molecule has 6 heteroatoms. The van der Waals surface area contributed by atoms with Crippen molar-refractivity contribution < 1.29 is 19.1 Å². The van der Waals surface area contributed by atoms with E-state index in [-0.39, 0.29) is 17.2 Å². The van der Waals surface area contributed by atoms with Gasteiger partial charge in [0.05, 0.1) is 12.0 Å². The molecule has 94 valence electrons. The zero-order valence-electron chi connectivity index (χ0n) is 9.93. The second-order valence-corrected chi connectivity index (χ2v) is 4.43. The van der Waals surface area contributed by atoms with Crippen LogP contribution in [0.3, 0.4) is 0 Å². The number of pyridine rings is 1. The number of ether oxygens (including phenoxy) is 2. The lowest BCUT2D eigenvalue weighted by atomic mass is 10.3. The van der Waals surface area contributed by atoms with Crippen LogP contribution in [0.2, 0.25) is 0 Å². The molecule has 0 aliphatic carbocycles. The van der Waals surface area contributed by atoms with Crippen LogP contribution in [-0.4, -0.2) is 23.5 Å². The second kappa shape index (κ2) is 5.14. The van der Waals surface area contributed by atoms with Gasteiger partial charge in [0.2, 0.25) is 0 Å². The largest absolute Gasteiger partial charge is 0.462 e. The lowest BCUT2D eigenvalue weighted by Crippen LogP contribution is -2.07. The number of carbonyl (C=O) groups is 2. The Labute approximate surface area is 107 Å². The normalized spacial score (nSPS) is 10.3. The highest BCUT2D eigenvalue weighted by Gasteiger charge is 2.22. The number of rotatable bonds is 3. The summed E-state index contributed by atoms with van der Waals surface area (Å²) in [5, 5.41) is 0.640. The lowest BCUT2D eigenvalue weighted by molar-refractivity contribution is -0.131. The van der Waals surface area contributed by atoms with Gasteiger partial charge >= 0.3 is 11.9 Å². The molecule has 0 aromatic carbocycles. The quantitative estimate of drug-likeness (QED) is 0.797. The molecule has 0 aliphatic rings. The molecule has 0 saturated carbocycles. The van der Waals surface area contributed by atoms with E-state index in [1.807, 2.05) is 0 Å². The van der Waals surface area contributed by atoms with Gasteiger partial charge in [0.15, 0.2) is 10.6 Å². The number of fused-ring (bicyclic) bond motifs is 1. The van der Waals surface area contributed by atoms with Crippen molar-refractivity contribution in [3.63, 3.8) is 0 Å². The monoisotopic (exact) mass is 265 g/mol. The Hall–Kier alpha value is -1.95. The predicted octanol–water partition coefficient (Wildman–Crippen LogP) is 2.40. The van der Waals surface area contributed by atoms with E-state index in [0.29, 0.717) is 10.2 Å². The van der Waals surface area contributed by atoms with Gasteiger partial charge in [-0.2, -0.15) is 0 Å². The van der Waals surface area contributed by atoms with Gasteiger partial charge in [-0.3, -0.25) is 4.79 Å². The summed E-state index contributed by atoms with van der Waals surface area (Å²) in [5.41, 5.74) is 0. The Kier molecular flexibility index (Phi) is 3.57. The highest BCUT2D eigenvalue weighted by Crippen LogP contribution is 2.37. The molecule has 0 N–H and O–H groups in total. The van der Waals surface area contributed by atoms with Gasteiger partial charge in [-0.25, -0.2) is 9.78 Å². The van der Waals surface area contributed by atoms with E-state index < -0.39 is 11.9 Å². The summed E-state index contributed by atoms with van der Waals surface area (Å²) >= 11 is 1.15. The summed E-state index contributed by atoms with van der Waals surface area (Å²) in [6, 6.07) is 3.47. The van der Waals surface area contributed by atoms with Gasteiger partial charge in [-0.15, -0.1) is 11.3 Å². The van der Waals surface area contributed by atoms with Crippen LogP contribution in [0.5, 0.6) is 5.75 Å². The van der Waals surface area contributed by atoms with E-state index in [0.717, 1.165) is 11.3 Å². The van der Waals surface area contributed by atoms with E-state index in [1.54, 1.807) is 25.3 Å². The fourth-order valence-electron chi connectivity index (χ4n) is 1.49. The third-order valence-electron chi connectivity index (χ3n) is 2.13. The topological polar surface area (TPSA) is 65.5 Å². The van der Waals surface area contributed by atoms with Crippen LogP contribution in [0.25, 0.3) is 10.2 Å². The van der Waals surface area contributed by atoms with Crippen molar-refractivity contribution in [2.45, 2.75) is 13.8 Å². The highest BCUT2D eigenvalue weighted by molar-refractivity contribution is 7.20. The first-order valence-electron chi connectivity index (χ1n) is 5.36. The molecule has 5 nitrogen and oxygen atoms in total. The smallest absolute Gasteiger partial charge is 0.352 e. The number of nitrogens with zero attached hydrogens (tertiary/aromatic N) is 1. The van der Waals surface area contributed by atoms with Crippen molar-refractivity contribution in [3.05, 3.63) is 23.2 Å². The average Bonchev–Trinajstić information content (AvgIpc) is 2.68. The molecule has 2 heterocycles. The molecule has 0 atom stereocenters. The minimum atomic E-state index is -0.503. The van der Waals surface area contributed by atoms with Crippen molar-refractivity contribution >= 4 is 33.5 Å². The number of esters is 2. The first-order valence-corrected chi connectivity index (χ1v) is 6.18. The SMILES string of the molecule is CCOC(=O)c1sc2ncccc2c1OC(C)=O. The van der Waals surface area contributed by atoms with Gasteiger partial charge in [-0.05, 0) is 19.1 Å². The number of carbonyl (C=O) groups excluding carboxylic acids is 2. The molecule has 2 rings (SSSR count). The van der Waals surface area contributed by atoms with Gasteiger partial charge < -0.3 is 9.47 Å². The van der Waals surface area contributed by atoms with Crippen molar-refractivity contribution in [1.29, 1.82) is 0 Å². The van der Waals surface area contributed by atoms with Gasteiger partial charge in [0.1, 0.15) is 4.83 Å². The molecule has 0 spiro atoms. The minimum absolute atomic E-state index is 0.231. The fourth-order valence-corrected chi connectivity index (χ4v) is 2.45. The van der Waals surface area contributed by atoms with Crippen LogP contribution in [0.4, 0.5) is 0 Å². The van der Waals surface area contributed by atoms with Crippen LogP contribution >= 0.6 is 11.3 Å². The number of thiophene rings is 1. The van der Waals surface area contributed by atoms with Gasteiger partial charge in [0.25, 0.3) is 0 Å². The minimum Gasteiger partial charge on any atom is -0.462 e. The fraction of sp³-hybridized carbons (Fsp3) is 0.250. The summed E-state index contributed by atoms with van der Waals surface area (Å²) in [4.78, 5) is 27.9. The molecule has 0 radical (unpaired) electrons. The zero-order chi connectivity index (χ0) is 13.1.